The van der Waals surface area contributed by atoms with Crippen molar-refractivity contribution < 1.29 is 0 Å². The van der Waals surface area contributed by atoms with Crippen LogP contribution in [0.5, 0.6) is 0 Å². The molecule has 0 aromatic heterocycles. The first-order chi connectivity index (χ1) is 7.76. The van der Waals surface area contributed by atoms with Gasteiger partial charge in [-0.05, 0) is 62.3 Å². The molecule has 16 heavy (non-hydrogen) atoms. The van der Waals surface area contributed by atoms with Crippen LogP contribution < -0.4 is 5.73 Å². The molecule has 1 nitrogen and oxygen atoms in total. The van der Waals surface area contributed by atoms with E-state index in [1.54, 1.807) is 0 Å². The van der Waals surface area contributed by atoms with Crippen LogP contribution in [0.2, 0.25) is 0 Å². The Morgan fingerprint density at radius 1 is 1.06 bits per heavy atom. The number of rotatable bonds is 7. The minimum Gasteiger partial charge on any atom is -0.330 e. The van der Waals surface area contributed by atoms with Crippen LogP contribution in [0.3, 0.4) is 0 Å². The van der Waals surface area contributed by atoms with Gasteiger partial charge in [-0.2, -0.15) is 11.8 Å². The summed E-state index contributed by atoms with van der Waals surface area (Å²) in [5, 5.41) is 0. The molecule has 1 aromatic carbocycles. The first-order valence-electron chi connectivity index (χ1n) is 6.04. The van der Waals surface area contributed by atoms with Crippen LogP contribution in [-0.4, -0.2) is 18.6 Å². The van der Waals surface area contributed by atoms with Crippen molar-refractivity contribution in [3.63, 3.8) is 0 Å². The first kappa shape index (κ1) is 13.6. The second kappa shape index (κ2) is 7.75. The fourth-order valence-corrected chi connectivity index (χ4v) is 2.37. The third kappa shape index (κ3) is 5.04. The summed E-state index contributed by atoms with van der Waals surface area (Å²) in [5.74, 6) is 1.21. The molecule has 0 spiro atoms. The number of nitrogens with two attached hydrogens (primary N) is 1. The maximum absolute atomic E-state index is 5.52. The summed E-state index contributed by atoms with van der Waals surface area (Å²) in [6.07, 6.45) is 6.87. The molecule has 0 heterocycles. The highest BCUT2D eigenvalue weighted by Crippen LogP contribution is 2.14. The van der Waals surface area contributed by atoms with Crippen LogP contribution in [0.1, 0.15) is 29.5 Å². The molecule has 0 fully saturated rings. The van der Waals surface area contributed by atoms with Gasteiger partial charge in [0.05, 0.1) is 0 Å². The van der Waals surface area contributed by atoms with Gasteiger partial charge in [-0.25, -0.2) is 0 Å². The lowest BCUT2D eigenvalue weighted by Crippen LogP contribution is -1.99. The van der Waals surface area contributed by atoms with Gasteiger partial charge in [-0.1, -0.05) is 23.8 Å². The third-order valence-corrected chi connectivity index (χ3v) is 3.32. The van der Waals surface area contributed by atoms with Gasteiger partial charge < -0.3 is 5.73 Å². The van der Waals surface area contributed by atoms with E-state index >= 15 is 0 Å². The number of hydrogen-bond acceptors (Lipinski definition) is 2. The molecule has 1 rings (SSSR count). The number of aryl methyl sites for hydroxylation is 3. The van der Waals surface area contributed by atoms with Crippen LogP contribution >= 0.6 is 11.8 Å². The Morgan fingerprint density at radius 3 is 2.38 bits per heavy atom. The normalized spacial score (nSPS) is 10.7. The Labute approximate surface area is 104 Å². The summed E-state index contributed by atoms with van der Waals surface area (Å²) in [6.45, 7) is 3.00. The van der Waals surface area contributed by atoms with Crippen LogP contribution in [0, 0.1) is 6.92 Å². The summed E-state index contributed by atoms with van der Waals surface area (Å²) in [7, 11) is 0. The van der Waals surface area contributed by atoms with Gasteiger partial charge >= 0.3 is 0 Å². The summed E-state index contributed by atoms with van der Waals surface area (Å²) in [5.41, 5.74) is 9.87. The molecule has 0 unspecified atom stereocenters. The van der Waals surface area contributed by atoms with Crippen molar-refractivity contribution in [2.24, 2.45) is 5.73 Å². The van der Waals surface area contributed by atoms with Crippen LogP contribution in [0.4, 0.5) is 0 Å². The smallest absolute Gasteiger partial charge is 0.00298 e. The van der Waals surface area contributed by atoms with Crippen molar-refractivity contribution in [1.82, 2.24) is 0 Å². The topological polar surface area (TPSA) is 26.0 Å². The first-order valence-corrected chi connectivity index (χ1v) is 7.44. The van der Waals surface area contributed by atoms with E-state index in [9.17, 15) is 0 Å². The van der Waals surface area contributed by atoms with E-state index < -0.39 is 0 Å². The van der Waals surface area contributed by atoms with Gasteiger partial charge in [0.1, 0.15) is 0 Å². The van der Waals surface area contributed by atoms with Crippen LogP contribution in [0.15, 0.2) is 18.2 Å². The second-order valence-electron chi connectivity index (χ2n) is 4.32. The van der Waals surface area contributed by atoms with Crippen LogP contribution in [-0.2, 0) is 12.8 Å². The third-order valence-electron chi connectivity index (χ3n) is 2.71. The predicted molar refractivity (Wildman–Crippen MR) is 75.3 cm³/mol. The maximum Gasteiger partial charge on any atom is -0.00298 e. The van der Waals surface area contributed by atoms with E-state index in [4.69, 9.17) is 5.73 Å². The molecule has 0 atom stereocenters. The summed E-state index contributed by atoms with van der Waals surface area (Å²) >= 11 is 1.91. The summed E-state index contributed by atoms with van der Waals surface area (Å²) < 4.78 is 0. The number of unbranched alkanes of at least 4 members (excludes halogenated alkanes) is 1. The SMILES string of the molecule is CSCCc1cc(C)cc(CCCCN)c1. The summed E-state index contributed by atoms with van der Waals surface area (Å²) in [4.78, 5) is 0. The molecule has 0 aliphatic heterocycles. The molecule has 2 N–H and O–H groups in total. The molecule has 0 radical (unpaired) electrons. The maximum atomic E-state index is 5.52. The highest BCUT2D eigenvalue weighted by molar-refractivity contribution is 7.98. The minimum absolute atomic E-state index is 0.811. The molecule has 0 amide bonds. The lowest BCUT2D eigenvalue weighted by molar-refractivity contribution is 0.744. The van der Waals surface area contributed by atoms with E-state index in [0.29, 0.717) is 0 Å². The number of thioether (sulfide) groups is 1. The van der Waals surface area contributed by atoms with Crippen molar-refractivity contribution in [2.45, 2.75) is 32.6 Å². The standard InChI is InChI=1S/C14H23NS/c1-12-9-13(5-3-4-7-15)11-14(10-12)6-8-16-2/h9-11H,3-8,15H2,1-2H3. The predicted octanol–water partition coefficient (Wildman–Crippen LogP) is 3.18. The zero-order chi connectivity index (χ0) is 11.8. The number of hydrogen-bond donors (Lipinski definition) is 1. The fraction of sp³-hybridized carbons (Fsp3) is 0.571. The van der Waals surface area contributed by atoms with Crippen molar-refractivity contribution in [2.75, 3.05) is 18.6 Å². The molecular formula is C14H23NS. The van der Waals surface area contributed by atoms with Gasteiger partial charge in [0.2, 0.25) is 0 Å². The lowest BCUT2D eigenvalue weighted by Gasteiger charge is -2.07. The molecule has 1 aromatic rings. The zero-order valence-corrected chi connectivity index (χ0v) is 11.3. The minimum atomic E-state index is 0.811. The molecule has 0 saturated carbocycles. The largest absolute Gasteiger partial charge is 0.330 e. The molecule has 2 heteroatoms. The van der Waals surface area contributed by atoms with E-state index in [2.05, 4.69) is 31.4 Å². The molecule has 0 bridgehead atoms. The average Bonchev–Trinajstić information content (AvgIpc) is 2.26. The molecule has 0 saturated heterocycles. The van der Waals surface area contributed by atoms with Crippen molar-refractivity contribution in [1.29, 1.82) is 0 Å². The molecular weight excluding hydrogens is 214 g/mol. The zero-order valence-electron chi connectivity index (χ0n) is 10.5. The molecule has 0 aliphatic rings. The van der Waals surface area contributed by atoms with Crippen molar-refractivity contribution >= 4 is 11.8 Å². The van der Waals surface area contributed by atoms with Crippen molar-refractivity contribution in [3.8, 4) is 0 Å². The second-order valence-corrected chi connectivity index (χ2v) is 5.30. The summed E-state index contributed by atoms with van der Waals surface area (Å²) in [6, 6.07) is 6.97. The Hall–Kier alpha value is -0.470. The lowest BCUT2D eigenvalue weighted by atomic mass is 10.0. The Kier molecular flexibility index (Phi) is 6.58. The Balaban J connectivity index is 2.58. The van der Waals surface area contributed by atoms with Gasteiger partial charge in [-0.3, -0.25) is 0 Å². The Bertz CT molecular complexity index is 310. The number of benzene rings is 1. The average molecular weight is 237 g/mol. The highest BCUT2D eigenvalue weighted by Gasteiger charge is 1.99. The molecule has 0 aliphatic carbocycles. The van der Waals surface area contributed by atoms with Gasteiger partial charge in [0.25, 0.3) is 0 Å². The molecule has 90 valence electrons. The van der Waals surface area contributed by atoms with E-state index in [0.717, 1.165) is 13.0 Å². The fourth-order valence-electron chi connectivity index (χ4n) is 1.93. The quantitative estimate of drug-likeness (QED) is 0.737. The van der Waals surface area contributed by atoms with E-state index in [1.165, 1.54) is 41.7 Å². The monoisotopic (exact) mass is 237 g/mol. The van der Waals surface area contributed by atoms with E-state index in [1.807, 2.05) is 11.8 Å². The van der Waals surface area contributed by atoms with Crippen LogP contribution in [0.25, 0.3) is 0 Å². The van der Waals surface area contributed by atoms with Gasteiger partial charge in [0, 0.05) is 0 Å². The van der Waals surface area contributed by atoms with Crippen molar-refractivity contribution in [3.05, 3.63) is 34.9 Å². The van der Waals surface area contributed by atoms with Gasteiger partial charge in [-0.15, -0.1) is 0 Å². The Morgan fingerprint density at radius 2 is 1.75 bits per heavy atom. The van der Waals surface area contributed by atoms with E-state index in [-0.39, 0.29) is 0 Å². The van der Waals surface area contributed by atoms with Gasteiger partial charge in [0.15, 0.2) is 0 Å². The highest BCUT2D eigenvalue weighted by atomic mass is 32.2.